The van der Waals surface area contributed by atoms with Gasteiger partial charge in [-0.2, -0.15) is 0 Å². The van der Waals surface area contributed by atoms with E-state index in [-0.39, 0.29) is 225 Å². The predicted octanol–water partition coefficient (Wildman–Crippen LogP) is -11.4. The van der Waals surface area contributed by atoms with Crippen LogP contribution < -0.4 is 206 Å². The number of nitrogens with zero attached hydrogens (tertiary/aromatic N) is 6. The molecular formula is C6K4N6Os. The van der Waals surface area contributed by atoms with E-state index >= 15 is 0 Å². The summed E-state index contributed by atoms with van der Waals surface area (Å²) in [4.78, 5) is 0. The molecule has 0 aromatic carbocycles. The zero-order chi connectivity index (χ0) is 12.0. The van der Waals surface area contributed by atoms with Gasteiger partial charge >= 0.3 is 225 Å². The fraction of sp³-hybridized carbons (Fsp3) is 0. The molecule has 66 valence electrons. The zero-order valence-electron chi connectivity index (χ0n) is 10.0. The molecule has 0 N–H and O–H groups in total. The van der Waals surface area contributed by atoms with Crippen molar-refractivity contribution < 1.29 is 225 Å². The molecule has 0 rings (SSSR count). The monoisotopic (exact) mass is 504 g/mol. The second-order valence-electron chi connectivity index (χ2n) is 0. The molecule has 17 heavy (non-hydrogen) atoms. The Kier molecular flexibility index (Phi) is 2130. The summed E-state index contributed by atoms with van der Waals surface area (Å²) in [6.45, 7) is 28.5. The van der Waals surface area contributed by atoms with Crippen molar-refractivity contribution in [2.75, 3.05) is 0 Å². The van der Waals surface area contributed by atoms with Gasteiger partial charge in [0.15, 0.2) is 0 Å². The van der Waals surface area contributed by atoms with Crippen LogP contribution in [0, 0.1) is 71.0 Å². The number of rotatable bonds is 0. The van der Waals surface area contributed by atoms with Crippen molar-refractivity contribution in [3.63, 3.8) is 0 Å². The van der Waals surface area contributed by atoms with E-state index in [0.29, 0.717) is 0 Å². The van der Waals surface area contributed by atoms with Crippen LogP contribution in [0.1, 0.15) is 0 Å². The molecule has 0 bridgehead atoms. The molecule has 0 aliphatic heterocycles. The maximum Gasteiger partial charge on any atom is 2.00 e. The minimum atomic E-state index is 0. The van der Waals surface area contributed by atoms with Crippen LogP contribution in [0.2, 0.25) is 0 Å². The Morgan fingerprint density at radius 3 is 0.294 bits per heavy atom. The maximum atomic E-state index is 6.25. The molecule has 0 saturated heterocycles. The van der Waals surface area contributed by atoms with Crippen LogP contribution in [0.5, 0.6) is 0 Å². The van der Waals surface area contributed by atoms with Gasteiger partial charge in [-0.05, 0) is 0 Å². The molecule has 0 unspecified atom stereocenters. The molecule has 0 radical (unpaired) electrons. The van der Waals surface area contributed by atoms with Gasteiger partial charge in [-0.15, -0.1) is 0 Å². The quantitative estimate of drug-likeness (QED) is 0.238. The Morgan fingerprint density at radius 1 is 0.294 bits per heavy atom. The van der Waals surface area contributed by atoms with Crippen LogP contribution in [0.25, 0.3) is 0 Å². The first-order valence-corrected chi connectivity index (χ1v) is 1.34. The largest absolute Gasteiger partial charge is 2.00 e. The average Bonchev–Trinajstić information content (AvgIpc) is 2.33. The summed E-state index contributed by atoms with van der Waals surface area (Å²) >= 11 is 0. The standard InChI is InChI=1S/6CN.4K.Os/c6*1-2;;;;;/q6*-1;4*+1;+2. The first-order chi connectivity index (χ1) is 6.00. The Hall–Kier alpha value is 4.12. The van der Waals surface area contributed by atoms with E-state index in [1.807, 2.05) is 0 Å². The van der Waals surface area contributed by atoms with Crippen molar-refractivity contribution in [1.29, 1.82) is 31.6 Å². The van der Waals surface area contributed by atoms with E-state index in [0.717, 1.165) is 0 Å². The van der Waals surface area contributed by atoms with E-state index in [2.05, 4.69) is 0 Å². The summed E-state index contributed by atoms with van der Waals surface area (Å²) in [7, 11) is 0. The molecule has 0 fully saturated rings. The summed E-state index contributed by atoms with van der Waals surface area (Å²) in [5, 5.41) is 37.5. The van der Waals surface area contributed by atoms with Gasteiger partial charge in [-0.1, -0.05) is 0 Å². The molecule has 0 aromatic rings. The molecule has 0 aromatic heterocycles. The molecule has 0 spiro atoms. The van der Waals surface area contributed by atoms with Gasteiger partial charge in [0, 0.05) is 0 Å². The van der Waals surface area contributed by atoms with Gasteiger partial charge in [0.05, 0.1) is 0 Å². The van der Waals surface area contributed by atoms with E-state index in [1.54, 1.807) is 0 Å². The van der Waals surface area contributed by atoms with E-state index in [9.17, 15) is 0 Å². The Bertz CT molecular complexity index is 106. The smallest absolute Gasteiger partial charge is 0.512 e. The summed E-state index contributed by atoms with van der Waals surface area (Å²) < 4.78 is 0. The van der Waals surface area contributed by atoms with Crippen molar-refractivity contribution in [2.45, 2.75) is 0 Å². The van der Waals surface area contributed by atoms with E-state index in [4.69, 9.17) is 71.0 Å². The average molecular weight is 503 g/mol. The predicted molar refractivity (Wildman–Crippen MR) is 29.8 cm³/mol. The molecule has 0 saturated carbocycles. The van der Waals surface area contributed by atoms with Crippen LogP contribution in [-0.2, 0) is 19.8 Å². The number of hydrogen-bond acceptors (Lipinski definition) is 6. The van der Waals surface area contributed by atoms with Gasteiger partial charge in [0.25, 0.3) is 0 Å². The summed E-state index contributed by atoms with van der Waals surface area (Å²) in [6, 6.07) is 0. The molecule has 0 aliphatic rings. The van der Waals surface area contributed by atoms with Gasteiger partial charge in [0.2, 0.25) is 0 Å². The van der Waals surface area contributed by atoms with Crippen LogP contribution in [0.15, 0.2) is 0 Å². The Morgan fingerprint density at radius 2 is 0.294 bits per heavy atom. The SMILES string of the molecule is [C-]#N.[C-]#N.[C-]#N.[C-]#N.[C-]#N.[C-]#N.[K+].[K+].[K+].[K+].[Os+2]. The summed E-state index contributed by atoms with van der Waals surface area (Å²) in [5.74, 6) is 0. The van der Waals surface area contributed by atoms with Crippen LogP contribution >= 0.6 is 0 Å². The van der Waals surface area contributed by atoms with Gasteiger partial charge < -0.3 is 71.0 Å². The Labute approximate surface area is 287 Å². The first-order valence-electron chi connectivity index (χ1n) is 1.34. The molecule has 0 heterocycles. The third kappa shape index (κ3) is 389. The van der Waals surface area contributed by atoms with Crippen molar-refractivity contribution in [3.8, 4) is 0 Å². The van der Waals surface area contributed by atoms with Crippen molar-refractivity contribution >= 4 is 0 Å². The first kappa shape index (κ1) is 83.5. The molecular weight excluding hydrogens is 503 g/mol. The van der Waals surface area contributed by atoms with Gasteiger partial charge in [-0.25, -0.2) is 0 Å². The van der Waals surface area contributed by atoms with E-state index in [1.165, 1.54) is 0 Å². The molecule has 0 amide bonds. The number of hydrogen-bond donors (Lipinski definition) is 0. The van der Waals surface area contributed by atoms with Crippen molar-refractivity contribution in [2.24, 2.45) is 0 Å². The topological polar surface area (TPSA) is 143 Å². The minimum absolute atomic E-state index is 0. The molecule has 0 aliphatic carbocycles. The van der Waals surface area contributed by atoms with Crippen molar-refractivity contribution in [1.82, 2.24) is 0 Å². The van der Waals surface area contributed by atoms with Crippen LogP contribution in [0.4, 0.5) is 0 Å². The van der Waals surface area contributed by atoms with Crippen LogP contribution in [-0.4, -0.2) is 0 Å². The van der Waals surface area contributed by atoms with E-state index < -0.39 is 0 Å². The molecule has 11 heteroatoms. The second-order valence-corrected chi connectivity index (χ2v) is 0. The zero-order valence-corrected chi connectivity index (χ0v) is 25.1. The molecule has 6 nitrogen and oxygen atoms in total. The normalized spacial score (nSPS) is 0.706. The maximum absolute atomic E-state index is 6.25. The fourth-order valence-electron chi connectivity index (χ4n) is 0. The second kappa shape index (κ2) is 433. The van der Waals surface area contributed by atoms with Crippen molar-refractivity contribution in [3.05, 3.63) is 39.4 Å². The van der Waals surface area contributed by atoms with Crippen LogP contribution in [0.3, 0.4) is 0 Å². The minimum Gasteiger partial charge on any atom is -0.512 e. The molecule has 0 atom stereocenters. The fourth-order valence-corrected chi connectivity index (χ4v) is 0. The summed E-state index contributed by atoms with van der Waals surface area (Å²) in [5.41, 5.74) is 0. The third-order valence-corrected chi connectivity index (χ3v) is 0. The third-order valence-electron chi connectivity index (χ3n) is 0. The van der Waals surface area contributed by atoms with Gasteiger partial charge in [-0.3, -0.25) is 0 Å². The van der Waals surface area contributed by atoms with Gasteiger partial charge in [0.1, 0.15) is 0 Å². The Balaban J connectivity index is -0.00000000267. The summed E-state index contributed by atoms with van der Waals surface area (Å²) in [6.07, 6.45) is 0.